The van der Waals surface area contributed by atoms with Gasteiger partial charge in [-0.15, -0.1) is 0 Å². The van der Waals surface area contributed by atoms with Crippen molar-refractivity contribution in [1.82, 2.24) is 18.7 Å². The van der Waals surface area contributed by atoms with Crippen LogP contribution < -0.4 is 0 Å². The van der Waals surface area contributed by atoms with Crippen LogP contribution in [0.5, 0.6) is 0 Å². The summed E-state index contributed by atoms with van der Waals surface area (Å²) in [4.78, 5) is 3.57. The molecule has 20 rings (SSSR count). The fraction of sp³-hybridized carbons (Fsp3) is 0. The summed E-state index contributed by atoms with van der Waals surface area (Å²) in [6.07, 6.45) is 0. The maximum absolute atomic E-state index is 6.35. The van der Waals surface area contributed by atoms with Crippen LogP contribution in [0.15, 0.2) is 304 Å². The minimum absolute atomic E-state index is 0.906. The highest BCUT2D eigenvalue weighted by molar-refractivity contribution is 9.10. The number of benzene rings is 14. The molecule has 6 aromatic heterocycles. The zero-order valence-electron chi connectivity index (χ0n) is 46.7. The molecule has 0 atom stereocenters. The van der Waals surface area contributed by atoms with Gasteiger partial charge in [0.25, 0.3) is 0 Å². The molecule has 6 heterocycles. The second kappa shape index (κ2) is 19.5. The number of para-hydroxylation sites is 6. The van der Waals surface area contributed by atoms with Gasteiger partial charge in [0.15, 0.2) is 0 Å². The molecule has 0 saturated carbocycles. The Kier molecular flexibility index (Phi) is 11.0. The lowest BCUT2D eigenvalue weighted by Gasteiger charge is -2.09. The van der Waals surface area contributed by atoms with Gasteiger partial charge < -0.3 is 27.5 Å². The Bertz CT molecular complexity index is 6160. The summed E-state index contributed by atoms with van der Waals surface area (Å²) in [6, 6.07) is 103. The Labute approximate surface area is 505 Å². The molecule has 7 heteroatoms. The van der Waals surface area contributed by atoms with E-state index in [0.717, 1.165) is 48.7 Å². The van der Waals surface area contributed by atoms with E-state index in [-0.39, 0.29) is 0 Å². The molecule has 0 bridgehead atoms. The SMILES string of the molecule is Brc1ccc2oc3cc4ccccc4cc3c2c1.c1ccc(-n2c3ccccc3c3c4c(ccc32)[nH]c2ccccc24)cc1.c1ccc(-n2c3ccccc3c3c4c5ccccc5n(-c5ccc6oc7cc8ccccc8cc7c6c5)c4ccc32)cc1. The van der Waals surface area contributed by atoms with Crippen molar-refractivity contribution in [3.05, 3.63) is 296 Å². The van der Waals surface area contributed by atoms with E-state index in [2.05, 4.69) is 308 Å². The Hall–Kier alpha value is -11.1. The van der Waals surface area contributed by atoms with Crippen molar-refractivity contribution >= 4 is 169 Å². The first-order chi connectivity index (χ1) is 43.1. The zero-order valence-corrected chi connectivity index (χ0v) is 48.3. The Balaban J connectivity index is 0.000000109. The topological polar surface area (TPSA) is 56.9 Å². The molecule has 20 aromatic rings. The largest absolute Gasteiger partial charge is 0.456 e. The van der Waals surface area contributed by atoms with Gasteiger partial charge in [0.05, 0.1) is 33.1 Å². The van der Waals surface area contributed by atoms with Crippen LogP contribution in [0.2, 0.25) is 0 Å². The summed E-state index contributed by atoms with van der Waals surface area (Å²) in [6.45, 7) is 0. The highest BCUT2D eigenvalue weighted by atomic mass is 79.9. The Morgan fingerprint density at radius 2 is 0.632 bits per heavy atom. The van der Waals surface area contributed by atoms with E-state index < -0.39 is 0 Å². The molecule has 0 fully saturated rings. The average molecular weight is 1180 g/mol. The number of nitrogens with zero attached hydrogens (tertiary/aromatic N) is 3. The van der Waals surface area contributed by atoms with E-state index in [1.165, 1.54) is 126 Å². The van der Waals surface area contributed by atoms with Gasteiger partial charge in [-0.25, -0.2) is 0 Å². The Morgan fingerprint density at radius 3 is 1.16 bits per heavy atom. The van der Waals surface area contributed by atoms with Crippen molar-refractivity contribution in [2.24, 2.45) is 0 Å². The maximum Gasteiger partial charge on any atom is 0.136 e. The monoisotopic (exact) mass is 1180 g/mol. The van der Waals surface area contributed by atoms with Gasteiger partial charge in [0.1, 0.15) is 22.3 Å². The summed E-state index contributed by atoms with van der Waals surface area (Å²) in [5, 5.41) is 19.7. The molecule has 0 aliphatic rings. The number of fused-ring (bicyclic) bond motifs is 22. The van der Waals surface area contributed by atoms with Crippen molar-refractivity contribution in [2.75, 3.05) is 0 Å². The van der Waals surface area contributed by atoms with Gasteiger partial charge in [-0.2, -0.15) is 0 Å². The molecular formula is C80H49BrN4O2. The van der Waals surface area contributed by atoms with E-state index in [1.807, 2.05) is 18.2 Å². The number of furan rings is 2. The zero-order chi connectivity index (χ0) is 57.3. The molecule has 0 aliphatic heterocycles. The molecule has 14 aromatic carbocycles. The van der Waals surface area contributed by atoms with E-state index in [4.69, 9.17) is 8.83 Å². The first-order valence-electron chi connectivity index (χ1n) is 29.4. The van der Waals surface area contributed by atoms with Gasteiger partial charge in [0.2, 0.25) is 0 Å². The first kappa shape index (κ1) is 49.3. The van der Waals surface area contributed by atoms with E-state index >= 15 is 0 Å². The number of hydrogen-bond acceptors (Lipinski definition) is 2. The van der Waals surface area contributed by atoms with Crippen molar-refractivity contribution in [3.8, 4) is 17.1 Å². The summed E-state index contributed by atoms with van der Waals surface area (Å²) < 4.78 is 20.5. The molecule has 0 aliphatic carbocycles. The second-order valence-corrected chi connectivity index (χ2v) is 23.5. The number of H-pyrrole nitrogens is 1. The van der Waals surface area contributed by atoms with Gasteiger partial charge in [0, 0.05) is 97.2 Å². The molecule has 1 N–H and O–H groups in total. The summed E-state index contributed by atoms with van der Waals surface area (Å²) in [5.41, 5.74) is 16.9. The van der Waals surface area contributed by atoms with Crippen LogP contribution in [0.4, 0.5) is 0 Å². The fourth-order valence-electron chi connectivity index (χ4n) is 13.9. The predicted octanol–water partition coefficient (Wildman–Crippen LogP) is 22.9. The predicted molar refractivity (Wildman–Crippen MR) is 369 cm³/mol. The molecule has 87 heavy (non-hydrogen) atoms. The molecule has 0 spiro atoms. The highest BCUT2D eigenvalue weighted by Crippen LogP contribution is 2.45. The maximum atomic E-state index is 6.35. The third-order valence-electron chi connectivity index (χ3n) is 17.7. The molecule has 0 unspecified atom stereocenters. The van der Waals surface area contributed by atoms with Crippen molar-refractivity contribution in [1.29, 1.82) is 0 Å². The van der Waals surface area contributed by atoms with Crippen molar-refractivity contribution in [2.45, 2.75) is 0 Å². The molecule has 6 nitrogen and oxygen atoms in total. The average Bonchev–Trinajstić information content (AvgIpc) is 1.70. The third-order valence-corrected chi connectivity index (χ3v) is 18.2. The number of aromatic amines is 1. The summed E-state index contributed by atoms with van der Waals surface area (Å²) >= 11 is 3.51. The number of aromatic nitrogens is 4. The van der Waals surface area contributed by atoms with Crippen LogP contribution >= 0.6 is 15.9 Å². The molecule has 0 radical (unpaired) electrons. The van der Waals surface area contributed by atoms with Crippen LogP contribution in [-0.4, -0.2) is 18.7 Å². The number of halogens is 1. The first-order valence-corrected chi connectivity index (χ1v) is 30.2. The van der Waals surface area contributed by atoms with E-state index in [0.29, 0.717) is 0 Å². The van der Waals surface area contributed by atoms with E-state index in [9.17, 15) is 0 Å². The van der Waals surface area contributed by atoms with Gasteiger partial charge in [-0.3, -0.25) is 0 Å². The Morgan fingerprint density at radius 1 is 0.241 bits per heavy atom. The smallest absolute Gasteiger partial charge is 0.136 e. The van der Waals surface area contributed by atoms with Crippen LogP contribution in [0.25, 0.3) is 170 Å². The molecule has 0 saturated heterocycles. The van der Waals surface area contributed by atoms with Gasteiger partial charge >= 0.3 is 0 Å². The minimum Gasteiger partial charge on any atom is -0.456 e. The number of hydrogen-bond donors (Lipinski definition) is 1. The molecule has 0 amide bonds. The quantitative estimate of drug-likeness (QED) is 0.192. The fourth-order valence-corrected chi connectivity index (χ4v) is 14.3. The summed E-state index contributed by atoms with van der Waals surface area (Å²) in [5.74, 6) is 0. The van der Waals surface area contributed by atoms with Gasteiger partial charge in [-0.05, 0) is 155 Å². The third kappa shape index (κ3) is 7.73. The molecule has 408 valence electrons. The summed E-state index contributed by atoms with van der Waals surface area (Å²) in [7, 11) is 0. The number of nitrogens with one attached hydrogen (secondary N) is 1. The minimum atomic E-state index is 0.906. The van der Waals surface area contributed by atoms with Crippen LogP contribution in [0.3, 0.4) is 0 Å². The highest BCUT2D eigenvalue weighted by Gasteiger charge is 2.22. The second-order valence-electron chi connectivity index (χ2n) is 22.6. The number of rotatable bonds is 3. The molecular weight excluding hydrogens is 1130 g/mol. The van der Waals surface area contributed by atoms with Gasteiger partial charge in [-0.1, -0.05) is 174 Å². The van der Waals surface area contributed by atoms with Crippen LogP contribution in [0, 0.1) is 0 Å². The van der Waals surface area contributed by atoms with Crippen LogP contribution in [-0.2, 0) is 0 Å². The lowest BCUT2D eigenvalue weighted by Crippen LogP contribution is -1.94. The van der Waals surface area contributed by atoms with Crippen LogP contribution in [0.1, 0.15) is 0 Å². The normalized spacial score (nSPS) is 12.0. The van der Waals surface area contributed by atoms with Crippen molar-refractivity contribution in [3.63, 3.8) is 0 Å². The lowest BCUT2D eigenvalue weighted by molar-refractivity contribution is 0.669. The van der Waals surface area contributed by atoms with Crippen molar-refractivity contribution < 1.29 is 8.83 Å². The lowest BCUT2D eigenvalue weighted by atomic mass is 10.1. The standard InChI is InChI=1S/C40H24N2O.C24H16N2.C16H9BrO/c1-2-12-27(13-3-1)41-33-16-8-6-14-29(33)39-35(41)19-20-36-40(39)30-15-7-9-17-34(30)42(36)28-18-21-37-32(24-28)31-22-25-10-4-5-11-26(25)23-38(31)43-37;1-2-8-16(9-3-1)26-21-13-7-5-11-18(21)24-22(26)15-14-20-23(24)17-10-4-6-12-19(17)25-20;17-12-5-6-15-14(9-12)13-7-10-3-1-2-4-11(10)8-16(13)18-15/h1-24H;1-15,25H;1-9H. The van der Waals surface area contributed by atoms with E-state index in [1.54, 1.807) is 0 Å².